The van der Waals surface area contributed by atoms with Crippen molar-refractivity contribution in [2.75, 3.05) is 5.73 Å². The smallest absolute Gasteiger partial charge is 0.354 e. The second-order valence-electron chi connectivity index (χ2n) is 5.20. The van der Waals surface area contributed by atoms with E-state index >= 15 is 0 Å². The monoisotopic (exact) mass is 292 g/mol. The molecule has 0 bridgehead atoms. The maximum atomic E-state index is 11.3. The van der Waals surface area contributed by atoms with E-state index in [-0.39, 0.29) is 5.69 Å². The van der Waals surface area contributed by atoms with Crippen molar-refractivity contribution in [3.05, 3.63) is 71.4 Å². The molecule has 110 valence electrons. The Bertz CT molecular complexity index is 829. The molecule has 0 fully saturated rings. The molecule has 0 aliphatic rings. The van der Waals surface area contributed by atoms with E-state index in [0.717, 1.165) is 23.8 Å². The highest BCUT2D eigenvalue weighted by atomic mass is 16.4. The van der Waals surface area contributed by atoms with Gasteiger partial charge in [0.05, 0.1) is 11.2 Å². The molecule has 1 aromatic heterocycles. The van der Waals surface area contributed by atoms with Crippen LogP contribution >= 0.6 is 0 Å². The van der Waals surface area contributed by atoms with Crippen LogP contribution in [-0.2, 0) is 12.8 Å². The van der Waals surface area contributed by atoms with E-state index in [9.17, 15) is 9.90 Å². The Kier molecular flexibility index (Phi) is 3.74. The summed E-state index contributed by atoms with van der Waals surface area (Å²) in [5.74, 6) is -1.04. The van der Waals surface area contributed by atoms with Crippen LogP contribution in [0.25, 0.3) is 10.9 Å². The summed E-state index contributed by atoms with van der Waals surface area (Å²) in [5.41, 5.74) is 9.22. The predicted molar refractivity (Wildman–Crippen MR) is 87.0 cm³/mol. The zero-order valence-electron chi connectivity index (χ0n) is 12.0. The van der Waals surface area contributed by atoms with Gasteiger partial charge in [0, 0.05) is 5.39 Å². The van der Waals surface area contributed by atoms with Gasteiger partial charge in [-0.05, 0) is 36.1 Å². The van der Waals surface area contributed by atoms with E-state index in [0.29, 0.717) is 11.2 Å². The molecular formula is C18H16N2O2. The van der Waals surface area contributed by atoms with Gasteiger partial charge in [0.1, 0.15) is 5.69 Å². The van der Waals surface area contributed by atoms with E-state index in [2.05, 4.69) is 17.1 Å². The Balaban J connectivity index is 2.03. The van der Waals surface area contributed by atoms with Crippen molar-refractivity contribution < 1.29 is 9.90 Å². The van der Waals surface area contributed by atoms with Gasteiger partial charge in [-0.3, -0.25) is 0 Å². The number of rotatable bonds is 4. The van der Waals surface area contributed by atoms with Gasteiger partial charge in [-0.15, -0.1) is 0 Å². The number of carboxylic acid groups (broad SMARTS) is 1. The fourth-order valence-corrected chi connectivity index (χ4v) is 2.58. The summed E-state index contributed by atoms with van der Waals surface area (Å²) in [6.07, 6.45) is 1.58. The topological polar surface area (TPSA) is 76.2 Å². The number of benzene rings is 2. The lowest BCUT2D eigenvalue weighted by atomic mass is 9.99. The number of fused-ring (bicyclic) bond motifs is 1. The normalized spacial score (nSPS) is 10.7. The third-order valence-electron chi connectivity index (χ3n) is 3.70. The van der Waals surface area contributed by atoms with E-state index < -0.39 is 5.97 Å². The number of aromatic nitrogens is 1. The van der Waals surface area contributed by atoms with E-state index in [1.807, 2.05) is 30.3 Å². The van der Waals surface area contributed by atoms with Crippen LogP contribution < -0.4 is 5.73 Å². The highest BCUT2D eigenvalue weighted by Gasteiger charge is 2.12. The average Bonchev–Trinajstić information content (AvgIpc) is 2.54. The van der Waals surface area contributed by atoms with Crippen LogP contribution in [0.5, 0.6) is 0 Å². The lowest BCUT2D eigenvalue weighted by Gasteiger charge is -2.09. The summed E-state index contributed by atoms with van der Waals surface area (Å²) in [7, 11) is 0. The molecule has 4 nitrogen and oxygen atoms in total. The Hall–Kier alpha value is -2.88. The molecule has 0 unspecified atom stereocenters. The third-order valence-corrected chi connectivity index (χ3v) is 3.70. The van der Waals surface area contributed by atoms with E-state index in [4.69, 9.17) is 5.73 Å². The number of nitrogens with zero attached hydrogens (tertiary/aromatic N) is 1. The van der Waals surface area contributed by atoms with Gasteiger partial charge in [-0.1, -0.05) is 42.5 Å². The van der Waals surface area contributed by atoms with Gasteiger partial charge in [-0.2, -0.15) is 0 Å². The number of aryl methyl sites for hydroxylation is 2. The number of pyridine rings is 1. The van der Waals surface area contributed by atoms with Crippen molar-refractivity contribution in [2.24, 2.45) is 0 Å². The molecule has 0 aliphatic heterocycles. The number of hydrogen-bond donors (Lipinski definition) is 2. The van der Waals surface area contributed by atoms with Crippen LogP contribution in [0.1, 0.15) is 21.6 Å². The molecule has 0 atom stereocenters. The molecule has 3 rings (SSSR count). The number of carboxylic acids is 1. The van der Waals surface area contributed by atoms with Crippen LogP contribution in [0.2, 0.25) is 0 Å². The van der Waals surface area contributed by atoms with Gasteiger partial charge in [-0.25, -0.2) is 9.78 Å². The van der Waals surface area contributed by atoms with Crippen LogP contribution in [0.15, 0.2) is 54.6 Å². The number of carbonyl (C=O) groups is 1. The Morgan fingerprint density at radius 1 is 1.05 bits per heavy atom. The maximum absolute atomic E-state index is 11.3. The molecular weight excluding hydrogens is 276 g/mol. The number of aromatic carboxylic acids is 1. The first-order valence-corrected chi connectivity index (χ1v) is 7.10. The van der Waals surface area contributed by atoms with Gasteiger partial charge in [0.2, 0.25) is 0 Å². The zero-order valence-corrected chi connectivity index (χ0v) is 12.0. The standard InChI is InChI=1S/C18H16N2O2/c19-15-8-4-7-14-13(10-9-12-5-2-1-3-6-12)11-16(18(21)22)20-17(14)15/h1-8,11H,9-10,19H2,(H,21,22). The lowest BCUT2D eigenvalue weighted by molar-refractivity contribution is 0.0691. The molecule has 3 aromatic rings. The second kappa shape index (κ2) is 5.85. The number of hydrogen-bond acceptors (Lipinski definition) is 3. The summed E-state index contributed by atoms with van der Waals surface area (Å²) in [6, 6.07) is 17.3. The molecule has 1 heterocycles. The van der Waals surface area contributed by atoms with Gasteiger partial charge < -0.3 is 10.8 Å². The Morgan fingerprint density at radius 3 is 2.55 bits per heavy atom. The summed E-state index contributed by atoms with van der Waals surface area (Å²) in [5, 5.41) is 10.2. The molecule has 0 saturated heterocycles. The second-order valence-corrected chi connectivity index (χ2v) is 5.20. The summed E-state index contributed by atoms with van der Waals surface area (Å²) in [4.78, 5) is 15.4. The highest BCUT2D eigenvalue weighted by molar-refractivity contribution is 5.96. The van der Waals surface area contributed by atoms with Crippen molar-refractivity contribution >= 4 is 22.6 Å². The molecule has 3 N–H and O–H groups in total. The zero-order chi connectivity index (χ0) is 15.5. The molecule has 0 spiro atoms. The van der Waals surface area contributed by atoms with Crippen molar-refractivity contribution in [2.45, 2.75) is 12.8 Å². The minimum Gasteiger partial charge on any atom is -0.477 e. The van der Waals surface area contributed by atoms with E-state index in [1.165, 1.54) is 5.56 Å². The average molecular weight is 292 g/mol. The molecule has 0 aliphatic carbocycles. The quantitative estimate of drug-likeness (QED) is 0.723. The Labute approximate surface area is 128 Å². The molecule has 0 amide bonds. The van der Waals surface area contributed by atoms with Gasteiger partial charge in [0.15, 0.2) is 0 Å². The fraction of sp³-hybridized carbons (Fsp3) is 0.111. The first-order chi connectivity index (χ1) is 10.6. The molecule has 22 heavy (non-hydrogen) atoms. The van der Waals surface area contributed by atoms with Crippen molar-refractivity contribution in [3.8, 4) is 0 Å². The SMILES string of the molecule is Nc1cccc2c(CCc3ccccc3)cc(C(=O)O)nc12. The van der Waals surface area contributed by atoms with Crippen molar-refractivity contribution in [3.63, 3.8) is 0 Å². The van der Waals surface area contributed by atoms with Gasteiger partial charge in [0.25, 0.3) is 0 Å². The van der Waals surface area contributed by atoms with Crippen LogP contribution in [0.4, 0.5) is 5.69 Å². The number of para-hydroxylation sites is 1. The largest absolute Gasteiger partial charge is 0.477 e. The van der Waals surface area contributed by atoms with Gasteiger partial charge >= 0.3 is 5.97 Å². The molecule has 2 aromatic carbocycles. The lowest BCUT2D eigenvalue weighted by Crippen LogP contribution is -2.05. The van der Waals surface area contributed by atoms with Crippen molar-refractivity contribution in [1.82, 2.24) is 4.98 Å². The summed E-state index contributed by atoms with van der Waals surface area (Å²) in [6.45, 7) is 0. The molecule has 4 heteroatoms. The first kappa shape index (κ1) is 14.1. The summed E-state index contributed by atoms with van der Waals surface area (Å²) >= 11 is 0. The van der Waals surface area contributed by atoms with Crippen LogP contribution in [0.3, 0.4) is 0 Å². The minimum atomic E-state index is -1.04. The number of anilines is 1. The third kappa shape index (κ3) is 2.76. The molecule has 0 saturated carbocycles. The van der Waals surface area contributed by atoms with Crippen LogP contribution in [-0.4, -0.2) is 16.1 Å². The summed E-state index contributed by atoms with van der Waals surface area (Å²) < 4.78 is 0. The maximum Gasteiger partial charge on any atom is 0.354 e. The van der Waals surface area contributed by atoms with Crippen LogP contribution in [0, 0.1) is 0 Å². The number of nitrogens with two attached hydrogens (primary N) is 1. The first-order valence-electron chi connectivity index (χ1n) is 7.10. The minimum absolute atomic E-state index is 0.0356. The highest BCUT2D eigenvalue weighted by Crippen LogP contribution is 2.24. The predicted octanol–water partition coefficient (Wildman–Crippen LogP) is 3.30. The van der Waals surface area contributed by atoms with E-state index in [1.54, 1.807) is 12.1 Å². The fourth-order valence-electron chi connectivity index (χ4n) is 2.58. The number of nitrogen functional groups attached to an aromatic ring is 1. The van der Waals surface area contributed by atoms with Crippen molar-refractivity contribution in [1.29, 1.82) is 0 Å². The molecule has 0 radical (unpaired) electrons. The Morgan fingerprint density at radius 2 is 1.82 bits per heavy atom.